The molecule has 12 heavy (non-hydrogen) atoms. The Morgan fingerprint density at radius 1 is 1.83 bits per heavy atom. The van der Waals surface area contributed by atoms with Gasteiger partial charge in [-0.05, 0) is 6.42 Å². The fraction of sp³-hybridized carbons (Fsp3) is 0.875. The smallest absolute Gasteiger partial charge is 0.323 e. The van der Waals surface area contributed by atoms with Crippen LogP contribution in [-0.4, -0.2) is 31.3 Å². The molecule has 0 aromatic heterocycles. The van der Waals surface area contributed by atoms with Gasteiger partial charge in [0.1, 0.15) is 12.1 Å². The minimum Gasteiger partial charge on any atom is -0.459 e. The van der Waals surface area contributed by atoms with Gasteiger partial charge in [-0.15, -0.1) is 0 Å². The lowest BCUT2D eigenvalue weighted by Gasteiger charge is -2.13. The highest BCUT2D eigenvalue weighted by Crippen LogP contribution is 2.09. The Balaban J connectivity index is 2.25. The number of nitrogens with two attached hydrogens (primary N) is 1. The summed E-state index contributed by atoms with van der Waals surface area (Å²) >= 11 is 0. The van der Waals surface area contributed by atoms with Gasteiger partial charge in [0.25, 0.3) is 0 Å². The molecule has 1 aliphatic rings. The molecule has 70 valence electrons. The molecule has 0 aliphatic carbocycles. The van der Waals surface area contributed by atoms with E-state index in [0.29, 0.717) is 19.6 Å². The zero-order chi connectivity index (χ0) is 8.97. The largest absolute Gasteiger partial charge is 0.459 e. The van der Waals surface area contributed by atoms with Crippen molar-refractivity contribution in [2.24, 2.45) is 5.73 Å². The van der Waals surface area contributed by atoms with Gasteiger partial charge < -0.3 is 15.2 Å². The second-order valence-corrected chi connectivity index (χ2v) is 2.94. The lowest BCUT2D eigenvalue weighted by atomic mass is 10.2. The minimum absolute atomic E-state index is 0.0740. The maximum absolute atomic E-state index is 11.1. The van der Waals surface area contributed by atoms with E-state index in [1.165, 1.54) is 0 Å². The zero-order valence-electron chi connectivity index (χ0n) is 7.29. The van der Waals surface area contributed by atoms with Crippen LogP contribution in [0, 0.1) is 0 Å². The molecule has 0 amide bonds. The molecule has 0 spiro atoms. The van der Waals surface area contributed by atoms with Crippen molar-refractivity contribution in [1.29, 1.82) is 0 Å². The topological polar surface area (TPSA) is 61.6 Å². The van der Waals surface area contributed by atoms with E-state index in [1.807, 2.05) is 6.92 Å². The van der Waals surface area contributed by atoms with Crippen molar-refractivity contribution in [3.05, 3.63) is 0 Å². The van der Waals surface area contributed by atoms with E-state index >= 15 is 0 Å². The lowest BCUT2D eigenvalue weighted by molar-refractivity contribution is -0.150. The molecule has 0 radical (unpaired) electrons. The van der Waals surface area contributed by atoms with Gasteiger partial charge in [0, 0.05) is 6.42 Å². The molecular formula is C8H15NO3. The third kappa shape index (κ3) is 2.46. The number of ether oxygens (including phenoxy) is 2. The molecule has 0 aromatic carbocycles. The average molecular weight is 173 g/mol. The maximum atomic E-state index is 11.1. The van der Waals surface area contributed by atoms with Crippen LogP contribution in [0.2, 0.25) is 0 Å². The Labute approximate surface area is 72.0 Å². The molecule has 1 unspecified atom stereocenters. The van der Waals surface area contributed by atoms with E-state index in [4.69, 9.17) is 15.2 Å². The van der Waals surface area contributed by atoms with Crippen LogP contribution in [0.25, 0.3) is 0 Å². The summed E-state index contributed by atoms with van der Waals surface area (Å²) in [5.74, 6) is -0.312. The molecule has 0 aromatic rings. The summed E-state index contributed by atoms with van der Waals surface area (Å²) in [6.45, 7) is 3.05. The first-order chi connectivity index (χ1) is 5.74. The van der Waals surface area contributed by atoms with Crippen LogP contribution in [0.4, 0.5) is 0 Å². The number of carbonyl (C=O) groups is 1. The number of rotatable bonds is 3. The molecule has 0 bridgehead atoms. The van der Waals surface area contributed by atoms with Crippen molar-refractivity contribution in [3.8, 4) is 0 Å². The standard InChI is InChI=1S/C8H15NO3/c1-2-7(9)8(10)12-6-3-4-11-5-6/h6-7H,2-5,9H2,1H3/t6?,7-/m1/s1. The molecule has 4 heteroatoms. The van der Waals surface area contributed by atoms with E-state index in [2.05, 4.69) is 0 Å². The Bertz CT molecular complexity index is 154. The molecule has 1 aliphatic heterocycles. The molecule has 1 saturated heterocycles. The number of esters is 1. The summed E-state index contributed by atoms with van der Waals surface area (Å²) in [5, 5.41) is 0. The molecule has 1 rings (SSSR count). The lowest BCUT2D eigenvalue weighted by Crippen LogP contribution is -2.34. The molecule has 4 nitrogen and oxygen atoms in total. The van der Waals surface area contributed by atoms with Gasteiger partial charge >= 0.3 is 5.97 Å². The summed E-state index contributed by atoms with van der Waals surface area (Å²) in [6, 6.07) is -0.481. The van der Waals surface area contributed by atoms with E-state index in [-0.39, 0.29) is 12.1 Å². The van der Waals surface area contributed by atoms with Crippen molar-refractivity contribution in [3.63, 3.8) is 0 Å². The summed E-state index contributed by atoms with van der Waals surface area (Å²) in [7, 11) is 0. The summed E-state index contributed by atoms with van der Waals surface area (Å²) in [5.41, 5.74) is 5.48. The molecule has 0 saturated carbocycles. The monoisotopic (exact) mass is 173 g/mol. The summed E-state index contributed by atoms with van der Waals surface area (Å²) < 4.78 is 10.1. The van der Waals surface area contributed by atoms with E-state index in [1.54, 1.807) is 0 Å². The fourth-order valence-corrected chi connectivity index (χ4v) is 1.02. The Hall–Kier alpha value is -0.610. The first-order valence-electron chi connectivity index (χ1n) is 4.28. The molecular weight excluding hydrogens is 158 g/mol. The van der Waals surface area contributed by atoms with Crippen molar-refractivity contribution >= 4 is 5.97 Å². The molecule has 1 fully saturated rings. The number of carbonyl (C=O) groups excluding carboxylic acids is 1. The Kier molecular flexibility index (Phi) is 3.49. The van der Waals surface area contributed by atoms with Gasteiger partial charge in [0.15, 0.2) is 0 Å². The van der Waals surface area contributed by atoms with Crippen LogP contribution < -0.4 is 5.73 Å². The van der Waals surface area contributed by atoms with Gasteiger partial charge in [0.2, 0.25) is 0 Å². The van der Waals surface area contributed by atoms with Crippen LogP contribution in [-0.2, 0) is 14.3 Å². The zero-order valence-corrected chi connectivity index (χ0v) is 7.29. The summed E-state index contributed by atoms with van der Waals surface area (Å²) in [6.07, 6.45) is 1.34. The Morgan fingerprint density at radius 2 is 2.58 bits per heavy atom. The van der Waals surface area contributed by atoms with E-state index in [0.717, 1.165) is 6.42 Å². The number of hydrogen-bond donors (Lipinski definition) is 1. The van der Waals surface area contributed by atoms with E-state index < -0.39 is 6.04 Å². The van der Waals surface area contributed by atoms with Crippen LogP contribution in [0.1, 0.15) is 19.8 Å². The van der Waals surface area contributed by atoms with Crippen molar-refractivity contribution in [2.45, 2.75) is 31.9 Å². The van der Waals surface area contributed by atoms with Crippen molar-refractivity contribution in [1.82, 2.24) is 0 Å². The average Bonchev–Trinajstić information content (AvgIpc) is 2.55. The highest BCUT2D eigenvalue weighted by molar-refractivity contribution is 5.75. The quantitative estimate of drug-likeness (QED) is 0.613. The SMILES string of the molecule is CC[C@@H](N)C(=O)OC1CCOC1. The van der Waals surface area contributed by atoms with Crippen molar-refractivity contribution < 1.29 is 14.3 Å². The minimum atomic E-state index is -0.481. The molecule has 1 heterocycles. The molecule has 2 N–H and O–H groups in total. The predicted molar refractivity (Wildman–Crippen MR) is 43.6 cm³/mol. The normalized spacial score (nSPS) is 25.3. The van der Waals surface area contributed by atoms with Crippen LogP contribution in [0.15, 0.2) is 0 Å². The first-order valence-corrected chi connectivity index (χ1v) is 4.28. The van der Waals surface area contributed by atoms with E-state index in [9.17, 15) is 4.79 Å². The van der Waals surface area contributed by atoms with Gasteiger partial charge in [0.05, 0.1) is 13.2 Å². The maximum Gasteiger partial charge on any atom is 0.323 e. The van der Waals surface area contributed by atoms with Crippen LogP contribution in [0.5, 0.6) is 0 Å². The van der Waals surface area contributed by atoms with Gasteiger partial charge in [-0.1, -0.05) is 6.92 Å². The third-order valence-corrected chi connectivity index (χ3v) is 1.91. The third-order valence-electron chi connectivity index (χ3n) is 1.91. The highest BCUT2D eigenvalue weighted by Gasteiger charge is 2.22. The second kappa shape index (κ2) is 4.42. The first kappa shape index (κ1) is 9.48. The number of hydrogen-bond acceptors (Lipinski definition) is 4. The predicted octanol–water partition coefficient (Wildman–Crippen LogP) is 0.0558. The van der Waals surface area contributed by atoms with Gasteiger partial charge in [-0.2, -0.15) is 0 Å². The summed E-state index contributed by atoms with van der Waals surface area (Å²) in [4.78, 5) is 11.1. The highest BCUT2D eigenvalue weighted by atomic mass is 16.6. The fourth-order valence-electron chi connectivity index (χ4n) is 1.02. The second-order valence-electron chi connectivity index (χ2n) is 2.94. The Morgan fingerprint density at radius 3 is 3.08 bits per heavy atom. The van der Waals surface area contributed by atoms with Crippen LogP contribution in [0.3, 0.4) is 0 Å². The van der Waals surface area contributed by atoms with Gasteiger partial charge in [-0.3, -0.25) is 4.79 Å². The van der Waals surface area contributed by atoms with Gasteiger partial charge in [-0.25, -0.2) is 0 Å². The van der Waals surface area contributed by atoms with Crippen LogP contribution >= 0.6 is 0 Å². The van der Waals surface area contributed by atoms with Crippen molar-refractivity contribution in [2.75, 3.05) is 13.2 Å². The molecule has 2 atom stereocenters.